The number of nitroso groups, excluding NO2 is 1. The molecule has 0 aromatic heterocycles. The third kappa shape index (κ3) is 2.27. The van der Waals surface area contributed by atoms with Gasteiger partial charge in [-0.05, 0) is 23.8 Å². The van der Waals surface area contributed by atoms with E-state index in [2.05, 4.69) is 5.18 Å². The van der Waals surface area contributed by atoms with Crippen LogP contribution in [0.2, 0.25) is 5.02 Å². The van der Waals surface area contributed by atoms with Crippen LogP contribution in [-0.4, -0.2) is 0 Å². The van der Waals surface area contributed by atoms with Crippen molar-refractivity contribution in [2.75, 3.05) is 0 Å². The van der Waals surface area contributed by atoms with Crippen molar-refractivity contribution in [1.82, 2.24) is 0 Å². The van der Waals surface area contributed by atoms with Crippen LogP contribution in [0.25, 0.3) is 0 Å². The first-order chi connectivity index (χ1) is 5.22. The molecule has 0 saturated carbocycles. The molecule has 0 N–H and O–H groups in total. The molecule has 1 aromatic rings. The standard InChI is InChI=1S/C7H5ClFNO/c8-6-1-5(4-10-11)2-7(9)3-6/h1-3H,4H2. The number of hydrogen-bond donors (Lipinski definition) is 0. The zero-order chi connectivity index (χ0) is 8.27. The van der Waals surface area contributed by atoms with E-state index in [1.807, 2.05) is 0 Å². The van der Waals surface area contributed by atoms with Crippen molar-refractivity contribution >= 4 is 11.6 Å². The minimum Gasteiger partial charge on any atom is -0.207 e. The molecule has 0 saturated heterocycles. The molecule has 11 heavy (non-hydrogen) atoms. The molecule has 0 radical (unpaired) electrons. The molecule has 0 aliphatic heterocycles. The van der Waals surface area contributed by atoms with Gasteiger partial charge in [0.15, 0.2) is 0 Å². The lowest BCUT2D eigenvalue weighted by Gasteiger charge is -1.95. The Balaban J connectivity index is 2.98. The molecule has 0 amide bonds. The van der Waals surface area contributed by atoms with Crippen molar-refractivity contribution in [1.29, 1.82) is 0 Å². The summed E-state index contributed by atoms with van der Waals surface area (Å²) in [6, 6.07) is 3.91. The molecule has 0 fully saturated rings. The summed E-state index contributed by atoms with van der Waals surface area (Å²) in [5, 5.41) is 2.89. The highest BCUT2D eigenvalue weighted by Crippen LogP contribution is 2.14. The van der Waals surface area contributed by atoms with Crippen molar-refractivity contribution in [2.45, 2.75) is 6.54 Å². The van der Waals surface area contributed by atoms with Crippen LogP contribution in [0.5, 0.6) is 0 Å². The van der Waals surface area contributed by atoms with Gasteiger partial charge in [0.05, 0.1) is 0 Å². The quantitative estimate of drug-likeness (QED) is 0.633. The van der Waals surface area contributed by atoms with Crippen molar-refractivity contribution in [2.24, 2.45) is 5.18 Å². The Morgan fingerprint density at radius 3 is 2.73 bits per heavy atom. The van der Waals surface area contributed by atoms with Gasteiger partial charge in [-0.2, -0.15) is 4.91 Å². The Morgan fingerprint density at radius 1 is 1.45 bits per heavy atom. The van der Waals surface area contributed by atoms with E-state index in [0.717, 1.165) is 0 Å². The van der Waals surface area contributed by atoms with E-state index < -0.39 is 5.82 Å². The molecule has 0 heterocycles. The molecule has 1 aromatic carbocycles. The van der Waals surface area contributed by atoms with E-state index >= 15 is 0 Å². The van der Waals surface area contributed by atoms with Crippen LogP contribution in [-0.2, 0) is 6.54 Å². The summed E-state index contributed by atoms with van der Waals surface area (Å²) >= 11 is 5.50. The molecule has 0 aliphatic carbocycles. The minimum absolute atomic E-state index is 0.0442. The Bertz CT molecular complexity index is 257. The first-order valence-corrected chi connectivity index (χ1v) is 3.34. The number of halogens is 2. The second-order valence-corrected chi connectivity index (χ2v) is 2.50. The van der Waals surface area contributed by atoms with Crippen molar-refractivity contribution in [3.8, 4) is 0 Å². The topological polar surface area (TPSA) is 29.4 Å². The third-order valence-corrected chi connectivity index (χ3v) is 1.39. The highest BCUT2D eigenvalue weighted by molar-refractivity contribution is 6.30. The van der Waals surface area contributed by atoms with Gasteiger partial charge in [0.25, 0.3) is 0 Å². The first kappa shape index (κ1) is 8.14. The van der Waals surface area contributed by atoms with Gasteiger partial charge in [-0.15, -0.1) is 0 Å². The molecular formula is C7H5ClFNO. The van der Waals surface area contributed by atoms with Crippen LogP contribution in [0.3, 0.4) is 0 Å². The number of nitrogens with zero attached hydrogens (tertiary/aromatic N) is 1. The zero-order valence-electron chi connectivity index (χ0n) is 5.55. The largest absolute Gasteiger partial charge is 0.207 e. The van der Waals surface area contributed by atoms with Crippen molar-refractivity contribution in [3.63, 3.8) is 0 Å². The molecule has 58 valence electrons. The average molecular weight is 174 g/mol. The molecule has 0 atom stereocenters. The SMILES string of the molecule is O=NCc1cc(F)cc(Cl)c1. The molecule has 1 rings (SSSR count). The summed E-state index contributed by atoms with van der Waals surface area (Å²) in [7, 11) is 0. The number of hydrogen-bond acceptors (Lipinski definition) is 2. The lowest BCUT2D eigenvalue weighted by atomic mass is 10.2. The van der Waals surface area contributed by atoms with Gasteiger partial charge >= 0.3 is 0 Å². The minimum atomic E-state index is -0.448. The van der Waals surface area contributed by atoms with E-state index in [0.29, 0.717) is 5.56 Å². The lowest BCUT2D eigenvalue weighted by molar-refractivity contribution is 0.625. The maximum atomic E-state index is 12.5. The van der Waals surface area contributed by atoms with Crippen LogP contribution in [0.4, 0.5) is 4.39 Å². The fraction of sp³-hybridized carbons (Fsp3) is 0.143. The maximum absolute atomic E-state index is 12.5. The molecular weight excluding hydrogens is 169 g/mol. The van der Waals surface area contributed by atoms with Crippen molar-refractivity contribution < 1.29 is 4.39 Å². The van der Waals surface area contributed by atoms with Gasteiger partial charge < -0.3 is 0 Å². The Labute approximate surface area is 68.0 Å². The summed E-state index contributed by atoms with van der Waals surface area (Å²) in [5.41, 5.74) is 0.491. The first-order valence-electron chi connectivity index (χ1n) is 2.96. The Morgan fingerprint density at radius 2 is 2.18 bits per heavy atom. The molecule has 4 heteroatoms. The van der Waals surface area contributed by atoms with Crippen LogP contribution in [0.1, 0.15) is 5.56 Å². The van der Waals surface area contributed by atoms with E-state index in [9.17, 15) is 9.30 Å². The molecule has 0 spiro atoms. The smallest absolute Gasteiger partial charge is 0.125 e. The Kier molecular flexibility index (Phi) is 2.54. The Hall–Kier alpha value is -0.960. The molecule has 2 nitrogen and oxygen atoms in total. The van der Waals surface area contributed by atoms with Crippen LogP contribution >= 0.6 is 11.6 Å². The summed E-state index contributed by atoms with van der Waals surface area (Å²) in [6.45, 7) is -0.0442. The normalized spacial score (nSPS) is 9.64. The van der Waals surface area contributed by atoms with E-state index in [-0.39, 0.29) is 11.6 Å². The van der Waals surface area contributed by atoms with Gasteiger partial charge in [-0.25, -0.2) is 4.39 Å². The predicted octanol–water partition coefficient (Wildman–Crippen LogP) is 2.75. The molecule has 0 unspecified atom stereocenters. The summed E-state index contributed by atoms with van der Waals surface area (Å²) < 4.78 is 12.5. The summed E-state index contributed by atoms with van der Waals surface area (Å²) in [4.78, 5) is 9.78. The van der Waals surface area contributed by atoms with Crippen LogP contribution in [0, 0.1) is 10.7 Å². The van der Waals surface area contributed by atoms with Gasteiger partial charge in [0, 0.05) is 5.02 Å². The van der Waals surface area contributed by atoms with Crippen molar-refractivity contribution in [3.05, 3.63) is 39.5 Å². The fourth-order valence-corrected chi connectivity index (χ4v) is 1.02. The summed E-state index contributed by atoms with van der Waals surface area (Å²) in [5.74, 6) is -0.448. The lowest BCUT2D eigenvalue weighted by Crippen LogP contribution is -1.82. The van der Waals surface area contributed by atoms with Crippen LogP contribution in [0.15, 0.2) is 23.4 Å². The number of benzene rings is 1. The highest BCUT2D eigenvalue weighted by Gasteiger charge is 1.97. The van der Waals surface area contributed by atoms with Gasteiger partial charge in [0.1, 0.15) is 12.4 Å². The second kappa shape index (κ2) is 3.44. The van der Waals surface area contributed by atoms with Crippen LogP contribution < -0.4 is 0 Å². The zero-order valence-corrected chi connectivity index (χ0v) is 6.31. The summed E-state index contributed by atoms with van der Waals surface area (Å²) in [6.07, 6.45) is 0. The average Bonchev–Trinajstić information content (AvgIpc) is 1.85. The maximum Gasteiger partial charge on any atom is 0.125 e. The van der Waals surface area contributed by atoms with Gasteiger partial charge in [-0.3, -0.25) is 0 Å². The third-order valence-electron chi connectivity index (χ3n) is 1.17. The monoisotopic (exact) mass is 173 g/mol. The van der Waals surface area contributed by atoms with Gasteiger partial charge in [0.2, 0.25) is 0 Å². The van der Waals surface area contributed by atoms with E-state index in [1.54, 1.807) is 0 Å². The molecule has 0 aliphatic rings. The van der Waals surface area contributed by atoms with E-state index in [1.165, 1.54) is 18.2 Å². The number of rotatable bonds is 2. The highest BCUT2D eigenvalue weighted by atomic mass is 35.5. The molecule has 0 bridgehead atoms. The van der Waals surface area contributed by atoms with E-state index in [4.69, 9.17) is 11.6 Å². The van der Waals surface area contributed by atoms with Gasteiger partial charge in [-0.1, -0.05) is 16.8 Å². The predicted molar refractivity (Wildman–Crippen MR) is 40.9 cm³/mol. The fourth-order valence-electron chi connectivity index (χ4n) is 0.777. The second-order valence-electron chi connectivity index (χ2n) is 2.06.